The Morgan fingerprint density at radius 1 is 1.85 bits per heavy atom. The number of hydrogen-bond acceptors (Lipinski definition) is 5. The van der Waals surface area contributed by atoms with Gasteiger partial charge in [0.05, 0.1) is 23.4 Å². The summed E-state index contributed by atoms with van der Waals surface area (Å²) in [6.45, 7) is 2.26. The van der Waals surface area contributed by atoms with Gasteiger partial charge in [0.25, 0.3) is 0 Å². The van der Waals surface area contributed by atoms with Gasteiger partial charge in [-0.05, 0) is 6.92 Å². The fourth-order valence-electron chi connectivity index (χ4n) is 0.712. The molecule has 1 radical (unpaired) electrons. The molecule has 13 heavy (non-hydrogen) atoms. The summed E-state index contributed by atoms with van der Waals surface area (Å²) < 4.78 is 5.88. The Morgan fingerprint density at radius 2 is 2.69 bits per heavy atom. The zero-order chi connectivity index (χ0) is 9.52. The van der Waals surface area contributed by atoms with Crippen LogP contribution in [0.5, 0.6) is 0 Å². The van der Waals surface area contributed by atoms with Gasteiger partial charge in [0, 0.05) is 5.75 Å². The highest BCUT2D eigenvalue weighted by molar-refractivity contribution is 8.01. The Labute approximate surface area is 85.5 Å². The number of carbonyl (C=O) groups excluding carboxylic acids is 1. The molecular weight excluding hydrogens is 206 g/mol. The molecule has 0 bridgehead atoms. The van der Waals surface area contributed by atoms with Crippen molar-refractivity contribution < 1.29 is 9.53 Å². The fourth-order valence-corrected chi connectivity index (χ4v) is 2.21. The highest BCUT2D eigenvalue weighted by Crippen LogP contribution is 2.21. The molecule has 0 aliphatic heterocycles. The molecule has 0 fully saturated rings. The van der Waals surface area contributed by atoms with Gasteiger partial charge < -0.3 is 4.74 Å². The van der Waals surface area contributed by atoms with E-state index in [9.17, 15) is 4.79 Å². The van der Waals surface area contributed by atoms with E-state index >= 15 is 0 Å². The van der Waals surface area contributed by atoms with Gasteiger partial charge >= 0.3 is 5.97 Å². The second-order valence-corrected chi connectivity index (χ2v) is 4.40. The van der Waals surface area contributed by atoms with Crippen LogP contribution in [0.25, 0.3) is 0 Å². The third kappa shape index (κ3) is 4.28. The molecule has 0 N–H and O–H groups in total. The zero-order valence-electron chi connectivity index (χ0n) is 7.28. The first-order chi connectivity index (χ1) is 6.33. The number of ether oxygens (including phenoxy) is 1. The quantitative estimate of drug-likeness (QED) is 0.557. The SMILES string of the molecule is CCOC(=O)CCSc1cn[c]s1. The number of hydrogen-bond donors (Lipinski definition) is 0. The molecule has 1 heterocycles. The van der Waals surface area contributed by atoms with Crippen LogP contribution in [0.3, 0.4) is 0 Å². The summed E-state index contributed by atoms with van der Waals surface area (Å²) >= 11 is 3.07. The predicted octanol–water partition coefficient (Wildman–Crippen LogP) is 1.99. The topological polar surface area (TPSA) is 39.2 Å². The van der Waals surface area contributed by atoms with Crippen molar-refractivity contribution >= 4 is 29.1 Å². The Balaban J connectivity index is 2.11. The molecule has 0 spiro atoms. The summed E-state index contributed by atoms with van der Waals surface area (Å²) in [5, 5.41) is 0. The molecule has 0 atom stereocenters. The molecule has 1 aromatic rings. The molecule has 71 valence electrons. The molecule has 5 heteroatoms. The number of aromatic nitrogens is 1. The molecule has 1 aromatic heterocycles. The maximum atomic E-state index is 10.9. The number of rotatable bonds is 5. The van der Waals surface area contributed by atoms with Crippen molar-refractivity contribution in [2.75, 3.05) is 12.4 Å². The molecule has 0 aliphatic rings. The maximum absolute atomic E-state index is 10.9. The Bertz CT molecular complexity index is 249. The van der Waals surface area contributed by atoms with E-state index in [1.54, 1.807) is 18.0 Å². The van der Waals surface area contributed by atoms with Crippen LogP contribution in [0.1, 0.15) is 13.3 Å². The minimum absolute atomic E-state index is 0.136. The predicted molar refractivity (Wildman–Crippen MR) is 52.9 cm³/mol. The van der Waals surface area contributed by atoms with Crippen LogP contribution in [0, 0.1) is 5.51 Å². The van der Waals surface area contributed by atoms with Crippen molar-refractivity contribution in [2.24, 2.45) is 0 Å². The van der Waals surface area contributed by atoms with E-state index in [1.807, 2.05) is 6.92 Å². The van der Waals surface area contributed by atoms with E-state index in [1.165, 1.54) is 11.3 Å². The first-order valence-corrected chi connectivity index (χ1v) is 5.73. The van der Waals surface area contributed by atoms with Crippen LogP contribution in [0.2, 0.25) is 0 Å². The number of nitrogens with zero attached hydrogens (tertiary/aromatic N) is 1. The monoisotopic (exact) mass is 216 g/mol. The van der Waals surface area contributed by atoms with Crippen molar-refractivity contribution in [1.29, 1.82) is 0 Å². The highest BCUT2D eigenvalue weighted by atomic mass is 32.2. The summed E-state index contributed by atoms with van der Waals surface area (Å²) in [6, 6.07) is 0. The van der Waals surface area contributed by atoms with Crippen LogP contribution in [-0.4, -0.2) is 23.3 Å². The third-order valence-corrected chi connectivity index (χ3v) is 3.13. The summed E-state index contributed by atoms with van der Waals surface area (Å²) in [5.41, 5.74) is 2.75. The van der Waals surface area contributed by atoms with Crippen molar-refractivity contribution in [2.45, 2.75) is 17.6 Å². The summed E-state index contributed by atoms with van der Waals surface area (Å²) in [7, 11) is 0. The smallest absolute Gasteiger partial charge is 0.306 e. The van der Waals surface area contributed by atoms with Gasteiger partial charge in [-0.1, -0.05) is 0 Å². The van der Waals surface area contributed by atoms with Gasteiger partial charge in [-0.2, -0.15) is 0 Å². The standard InChI is InChI=1S/C8H10NO2S2/c1-2-11-7(10)3-4-12-8-5-9-6-13-8/h5H,2-4H2,1H3. The first kappa shape index (κ1) is 10.5. The molecule has 0 saturated carbocycles. The van der Waals surface area contributed by atoms with Crippen molar-refractivity contribution in [1.82, 2.24) is 4.98 Å². The van der Waals surface area contributed by atoms with E-state index < -0.39 is 0 Å². The lowest BCUT2D eigenvalue weighted by molar-refractivity contribution is -0.142. The second kappa shape index (κ2) is 5.99. The van der Waals surface area contributed by atoms with E-state index in [0.717, 1.165) is 9.96 Å². The van der Waals surface area contributed by atoms with Crippen molar-refractivity contribution in [3.05, 3.63) is 11.7 Å². The van der Waals surface area contributed by atoms with Crippen LogP contribution < -0.4 is 0 Å². The average molecular weight is 216 g/mol. The molecule has 1 rings (SSSR count). The van der Waals surface area contributed by atoms with E-state index in [4.69, 9.17) is 4.74 Å². The number of thiazole rings is 1. The minimum atomic E-state index is -0.136. The van der Waals surface area contributed by atoms with Gasteiger partial charge in [0.2, 0.25) is 0 Å². The lowest BCUT2D eigenvalue weighted by Gasteiger charge is -1.99. The lowest BCUT2D eigenvalue weighted by Crippen LogP contribution is -2.04. The number of carbonyl (C=O) groups is 1. The summed E-state index contributed by atoms with van der Waals surface area (Å²) in [5.74, 6) is 0.609. The first-order valence-electron chi connectivity index (χ1n) is 3.93. The van der Waals surface area contributed by atoms with Crippen LogP contribution in [-0.2, 0) is 9.53 Å². The molecule has 0 saturated heterocycles. The largest absolute Gasteiger partial charge is 0.466 e. The minimum Gasteiger partial charge on any atom is -0.466 e. The van der Waals surface area contributed by atoms with E-state index in [-0.39, 0.29) is 5.97 Å². The fraction of sp³-hybridized carbons (Fsp3) is 0.500. The van der Waals surface area contributed by atoms with Crippen molar-refractivity contribution in [3.8, 4) is 0 Å². The molecule has 0 aliphatic carbocycles. The molecule has 0 amide bonds. The third-order valence-electron chi connectivity index (χ3n) is 1.22. The molecule has 0 unspecified atom stereocenters. The Hall–Kier alpha value is -0.550. The zero-order valence-corrected chi connectivity index (χ0v) is 8.91. The second-order valence-electron chi connectivity index (χ2n) is 2.17. The summed E-state index contributed by atoms with van der Waals surface area (Å²) in [4.78, 5) is 14.7. The molecule has 0 aromatic carbocycles. The summed E-state index contributed by atoms with van der Waals surface area (Å²) in [6.07, 6.45) is 2.21. The van der Waals surface area contributed by atoms with Gasteiger partial charge in [-0.3, -0.25) is 4.79 Å². The van der Waals surface area contributed by atoms with Gasteiger partial charge in [0.1, 0.15) is 0 Å². The Kier molecular flexibility index (Phi) is 4.85. The van der Waals surface area contributed by atoms with E-state index in [2.05, 4.69) is 10.5 Å². The van der Waals surface area contributed by atoms with E-state index in [0.29, 0.717) is 13.0 Å². The normalized spacial score (nSPS) is 9.92. The highest BCUT2D eigenvalue weighted by Gasteiger charge is 2.02. The maximum Gasteiger partial charge on any atom is 0.306 e. The number of thioether (sulfide) groups is 1. The Morgan fingerprint density at radius 3 is 3.31 bits per heavy atom. The van der Waals surface area contributed by atoms with Crippen LogP contribution >= 0.6 is 23.1 Å². The molecule has 3 nitrogen and oxygen atoms in total. The van der Waals surface area contributed by atoms with Gasteiger partial charge in [-0.15, -0.1) is 23.1 Å². The average Bonchev–Trinajstić information content (AvgIpc) is 2.57. The number of esters is 1. The van der Waals surface area contributed by atoms with Crippen LogP contribution in [0.15, 0.2) is 10.4 Å². The lowest BCUT2D eigenvalue weighted by atomic mass is 10.5. The van der Waals surface area contributed by atoms with Crippen molar-refractivity contribution in [3.63, 3.8) is 0 Å². The van der Waals surface area contributed by atoms with Gasteiger partial charge in [-0.25, -0.2) is 4.98 Å². The van der Waals surface area contributed by atoms with Gasteiger partial charge in [0.15, 0.2) is 5.51 Å². The molecular formula is C8H10NO2S2. The van der Waals surface area contributed by atoms with Crippen LogP contribution in [0.4, 0.5) is 0 Å².